The van der Waals surface area contributed by atoms with Crippen LogP contribution in [0.3, 0.4) is 0 Å². The normalized spacial score (nSPS) is 12.5. The van der Waals surface area contributed by atoms with Gasteiger partial charge < -0.3 is 16.0 Å². The lowest BCUT2D eigenvalue weighted by Gasteiger charge is -2.20. The van der Waals surface area contributed by atoms with Gasteiger partial charge >= 0.3 is 0 Å². The molecule has 4 nitrogen and oxygen atoms in total. The predicted octanol–water partition coefficient (Wildman–Crippen LogP) is 1.09. The Kier molecular flexibility index (Phi) is 4.45. The summed E-state index contributed by atoms with van der Waals surface area (Å²) in [4.78, 5) is 13.7. The van der Waals surface area contributed by atoms with E-state index in [0.717, 1.165) is 0 Å². The zero-order valence-corrected chi connectivity index (χ0v) is 10.3. The summed E-state index contributed by atoms with van der Waals surface area (Å²) in [5.74, 6) is -1.00. The minimum absolute atomic E-state index is 0.0176. The van der Waals surface area contributed by atoms with Crippen LogP contribution in [-0.2, 0) is 0 Å². The van der Waals surface area contributed by atoms with Gasteiger partial charge in [-0.25, -0.2) is 4.39 Å². The van der Waals surface area contributed by atoms with Crippen LogP contribution in [0.4, 0.5) is 10.1 Å². The highest BCUT2D eigenvalue weighted by molar-refractivity contribution is 5.95. The summed E-state index contributed by atoms with van der Waals surface area (Å²) < 4.78 is 13.4. The highest BCUT2D eigenvalue weighted by atomic mass is 19.1. The minimum atomic E-state index is -0.561. The number of halogens is 1. The van der Waals surface area contributed by atoms with Crippen molar-refractivity contribution in [1.29, 1.82) is 0 Å². The fourth-order valence-corrected chi connectivity index (χ4v) is 1.24. The van der Waals surface area contributed by atoms with Crippen molar-refractivity contribution in [1.82, 2.24) is 10.2 Å². The zero-order chi connectivity index (χ0) is 13.0. The lowest BCUT2D eigenvalue weighted by Crippen LogP contribution is -2.38. The number of hydrogen-bond donors (Lipinski definition) is 2. The molecule has 0 saturated heterocycles. The highest BCUT2D eigenvalue weighted by Crippen LogP contribution is 2.11. The molecule has 1 aromatic carbocycles. The van der Waals surface area contributed by atoms with E-state index in [0.29, 0.717) is 12.2 Å². The van der Waals surface area contributed by atoms with E-state index in [-0.39, 0.29) is 11.6 Å². The maximum atomic E-state index is 13.4. The van der Waals surface area contributed by atoms with E-state index in [1.807, 2.05) is 25.9 Å². The van der Waals surface area contributed by atoms with E-state index >= 15 is 0 Å². The molecule has 0 aliphatic heterocycles. The Morgan fingerprint density at radius 3 is 2.76 bits per heavy atom. The third kappa shape index (κ3) is 3.71. The van der Waals surface area contributed by atoms with Gasteiger partial charge in [-0.1, -0.05) is 0 Å². The summed E-state index contributed by atoms with van der Waals surface area (Å²) in [7, 11) is 3.83. The standard InChI is InChI=1S/C12H18FN3O/c1-8(16(2)3)7-15-12(17)10-6-9(14)4-5-11(10)13/h4-6,8H,7,14H2,1-3H3,(H,15,17). The molecule has 0 heterocycles. The molecule has 0 saturated carbocycles. The van der Waals surface area contributed by atoms with Crippen LogP contribution in [0.25, 0.3) is 0 Å². The van der Waals surface area contributed by atoms with Crippen LogP contribution < -0.4 is 11.1 Å². The van der Waals surface area contributed by atoms with Crippen LogP contribution in [-0.4, -0.2) is 37.5 Å². The molecule has 0 radical (unpaired) electrons. The Balaban J connectivity index is 2.67. The topological polar surface area (TPSA) is 58.4 Å². The molecule has 17 heavy (non-hydrogen) atoms. The lowest BCUT2D eigenvalue weighted by atomic mass is 10.1. The van der Waals surface area contributed by atoms with Crippen molar-refractivity contribution in [3.8, 4) is 0 Å². The van der Waals surface area contributed by atoms with Crippen molar-refractivity contribution in [3.05, 3.63) is 29.6 Å². The molecular formula is C12H18FN3O. The number of carbonyl (C=O) groups excluding carboxylic acids is 1. The first-order chi connectivity index (χ1) is 7.91. The summed E-state index contributed by atoms with van der Waals surface area (Å²) in [5, 5.41) is 2.67. The van der Waals surface area contributed by atoms with E-state index in [9.17, 15) is 9.18 Å². The van der Waals surface area contributed by atoms with Crippen molar-refractivity contribution < 1.29 is 9.18 Å². The Morgan fingerprint density at radius 1 is 1.53 bits per heavy atom. The first kappa shape index (κ1) is 13.4. The molecule has 5 heteroatoms. The van der Waals surface area contributed by atoms with Crippen molar-refractivity contribution >= 4 is 11.6 Å². The first-order valence-corrected chi connectivity index (χ1v) is 5.41. The molecule has 94 valence electrons. The number of nitrogen functional groups attached to an aromatic ring is 1. The summed E-state index contributed by atoms with van der Waals surface area (Å²) in [5.41, 5.74) is 5.87. The first-order valence-electron chi connectivity index (χ1n) is 5.41. The van der Waals surface area contributed by atoms with Gasteiger partial charge in [-0.05, 0) is 39.2 Å². The van der Waals surface area contributed by atoms with E-state index in [1.165, 1.54) is 18.2 Å². The number of anilines is 1. The Labute approximate surface area is 101 Å². The quantitative estimate of drug-likeness (QED) is 0.773. The van der Waals surface area contributed by atoms with Gasteiger partial charge in [0.25, 0.3) is 5.91 Å². The number of hydrogen-bond acceptors (Lipinski definition) is 3. The predicted molar refractivity (Wildman–Crippen MR) is 66.3 cm³/mol. The summed E-state index contributed by atoms with van der Waals surface area (Å²) in [6.07, 6.45) is 0. The molecule has 0 bridgehead atoms. The number of nitrogens with one attached hydrogen (secondary N) is 1. The fraction of sp³-hybridized carbons (Fsp3) is 0.417. The van der Waals surface area contributed by atoms with Gasteiger partial charge in [0.1, 0.15) is 5.82 Å². The van der Waals surface area contributed by atoms with Gasteiger partial charge in [-0.2, -0.15) is 0 Å². The van der Waals surface area contributed by atoms with Gasteiger partial charge in [0.15, 0.2) is 0 Å². The molecule has 1 atom stereocenters. The second kappa shape index (κ2) is 5.63. The molecule has 0 fully saturated rings. The number of rotatable bonds is 4. The monoisotopic (exact) mass is 239 g/mol. The molecular weight excluding hydrogens is 221 g/mol. The molecule has 0 spiro atoms. The van der Waals surface area contributed by atoms with Crippen LogP contribution in [0.1, 0.15) is 17.3 Å². The second-order valence-corrected chi connectivity index (χ2v) is 4.26. The number of nitrogens with two attached hydrogens (primary N) is 1. The second-order valence-electron chi connectivity index (χ2n) is 4.26. The minimum Gasteiger partial charge on any atom is -0.399 e. The number of nitrogens with zero attached hydrogens (tertiary/aromatic N) is 1. The van der Waals surface area contributed by atoms with Gasteiger partial charge in [0.2, 0.25) is 0 Å². The Morgan fingerprint density at radius 2 is 2.18 bits per heavy atom. The third-order valence-electron chi connectivity index (χ3n) is 2.67. The van der Waals surface area contributed by atoms with E-state index in [1.54, 1.807) is 0 Å². The average molecular weight is 239 g/mol. The molecule has 0 aliphatic rings. The van der Waals surface area contributed by atoms with E-state index in [4.69, 9.17) is 5.73 Å². The van der Waals surface area contributed by atoms with Gasteiger partial charge in [0, 0.05) is 18.3 Å². The van der Waals surface area contributed by atoms with Crippen molar-refractivity contribution in [2.24, 2.45) is 0 Å². The fourth-order valence-electron chi connectivity index (χ4n) is 1.24. The molecule has 1 unspecified atom stereocenters. The Hall–Kier alpha value is -1.62. The van der Waals surface area contributed by atoms with E-state index in [2.05, 4.69) is 5.32 Å². The van der Waals surface area contributed by atoms with Gasteiger partial charge in [-0.3, -0.25) is 4.79 Å². The smallest absolute Gasteiger partial charge is 0.254 e. The number of carbonyl (C=O) groups is 1. The third-order valence-corrected chi connectivity index (χ3v) is 2.67. The van der Waals surface area contributed by atoms with E-state index < -0.39 is 11.7 Å². The van der Waals surface area contributed by atoms with Gasteiger partial charge in [-0.15, -0.1) is 0 Å². The summed E-state index contributed by atoms with van der Waals surface area (Å²) in [6, 6.07) is 4.14. The van der Waals surface area contributed by atoms with Crippen molar-refractivity contribution in [2.45, 2.75) is 13.0 Å². The van der Waals surface area contributed by atoms with Crippen molar-refractivity contribution in [2.75, 3.05) is 26.4 Å². The lowest BCUT2D eigenvalue weighted by molar-refractivity contribution is 0.0939. The van der Waals surface area contributed by atoms with Crippen LogP contribution in [0, 0.1) is 5.82 Å². The molecule has 3 N–H and O–H groups in total. The number of likely N-dealkylation sites (N-methyl/N-ethyl adjacent to an activating group) is 1. The largest absolute Gasteiger partial charge is 0.399 e. The zero-order valence-electron chi connectivity index (χ0n) is 10.3. The van der Waals surface area contributed by atoms with Crippen LogP contribution >= 0.6 is 0 Å². The van der Waals surface area contributed by atoms with Crippen LogP contribution in [0.15, 0.2) is 18.2 Å². The highest BCUT2D eigenvalue weighted by Gasteiger charge is 2.13. The van der Waals surface area contributed by atoms with Crippen LogP contribution in [0.5, 0.6) is 0 Å². The van der Waals surface area contributed by atoms with Crippen LogP contribution in [0.2, 0.25) is 0 Å². The molecule has 1 rings (SSSR count). The maximum Gasteiger partial charge on any atom is 0.254 e. The molecule has 1 amide bonds. The Bertz CT molecular complexity index is 407. The van der Waals surface area contributed by atoms with Gasteiger partial charge in [0.05, 0.1) is 5.56 Å². The van der Waals surface area contributed by atoms with Crippen molar-refractivity contribution in [3.63, 3.8) is 0 Å². The number of amides is 1. The summed E-state index contributed by atoms with van der Waals surface area (Å²) in [6.45, 7) is 2.43. The molecule has 0 aromatic heterocycles. The maximum absolute atomic E-state index is 13.4. The number of benzene rings is 1. The molecule has 0 aliphatic carbocycles. The summed E-state index contributed by atoms with van der Waals surface area (Å²) >= 11 is 0. The SMILES string of the molecule is CC(CNC(=O)c1cc(N)ccc1F)N(C)C. The molecule has 1 aromatic rings. The average Bonchev–Trinajstić information content (AvgIpc) is 2.28.